The second-order valence-electron chi connectivity index (χ2n) is 5.15. The summed E-state index contributed by atoms with van der Waals surface area (Å²) in [5.41, 5.74) is 3.33. The molecule has 0 unspecified atom stereocenters. The van der Waals surface area contributed by atoms with Crippen LogP contribution in [0.4, 0.5) is 0 Å². The molecule has 0 radical (unpaired) electrons. The van der Waals surface area contributed by atoms with Crippen LogP contribution in [0.3, 0.4) is 0 Å². The summed E-state index contributed by atoms with van der Waals surface area (Å²) in [4.78, 5) is 0. The van der Waals surface area contributed by atoms with Crippen molar-refractivity contribution in [3.05, 3.63) is 65.2 Å². The van der Waals surface area contributed by atoms with E-state index in [1.165, 1.54) is 5.56 Å². The van der Waals surface area contributed by atoms with E-state index in [0.29, 0.717) is 6.61 Å². The predicted octanol–water partition coefficient (Wildman–Crippen LogP) is 4.06. The van der Waals surface area contributed by atoms with Crippen LogP contribution in [0.1, 0.15) is 36.1 Å². The Morgan fingerprint density at radius 3 is 2.55 bits per heavy atom. The Balaban J connectivity index is 1.88. The van der Waals surface area contributed by atoms with E-state index < -0.39 is 6.10 Å². The van der Waals surface area contributed by atoms with Gasteiger partial charge in [-0.15, -0.1) is 0 Å². The summed E-state index contributed by atoms with van der Waals surface area (Å²) in [6, 6.07) is 16.3. The lowest BCUT2D eigenvalue weighted by Crippen LogP contribution is -2.03. The molecule has 20 heavy (non-hydrogen) atoms. The first-order chi connectivity index (χ1) is 9.66. The minimum atomic E-state index is -0.501. The maximum absolute atomic E-state index is 9.78. The zero-order valence-corrected chi connectivity index (χ0v) is 12.2. The minimum absolute atomic E-state index is 0.501. The van der Waals surface area contributed by atoms with Gasteiger partial charge in [-0.3, -0.25) is 0 Å². The lowest BCUT2D eigenvalue weighted by Gasteiger charge is -2.14. The zero-order chi connectivity index (χ0) is 14.4. The standard InChI is InChI=1S/C18H22O2/c1-14-10-11-18(17(13-14)15(2)19)20-12-6-9-16-7-4-3-5-8-16/h3-5,7-8,10-11,13,15,19H,6,9,12H2,1-2H3/t15-/m1/s1. The van der Waals surface area contributed by atoms with E-state index in [0.717, 1.165) is 29.7 Å². The monoisotopic (exact) mass is 270 g/mol. The summed E-state index contributed by atoms with van der Waals surface area (Å²) in [6.45, 7) is 4.45. The zero-order valence-electron chi connectivity index (χ0n) is 12.2. The van der Waals surface area contributed by atoms with Gasteiger partial charge < -0.3 is 9.84 Å². The molecule has 0 aliphatic carbocycles. The van der Waals surface area contributed by atoms with E-state index in [1.807, 2.05) is 31.2 Å². The molecule has 2 heteroatoms. The summed E-state index contributed by atoms with van der Waals surface area (Å²) in [7, 11) is 0. The van der Waals surface area contributed by atoms with Crippen molar-refractivity contribution in [3.63, 3.8) is 0 Å². The molecule has 0 aliphatic rings. The maximum atomic E-state index is 9.78. The summed E-state index contributed by atoms with van der Waals surface area (Å²) in [6.07, 6.45) is 1.48. The lowest BCUT2D eigenvalue weighted by atomic mass is 10.1. The van der Waals surface area contributed by atoms with E-state index in [4.69, 9.17) is 4.74 Å². The van der Waals surface area contributed by atoms with Crippen LogP contribution in [-0.4, -0.2) is 11.7 Å². The molecule has 0 spiro atoms. The average molecular weight is 270 g/mol. The van der Waals surface area contributed by atoms with Crippen molar-refractivity contribution in [1.82, 2.24) is 0 Å². The highest BCUT2D eigenvalue weighted by Gasteiger charge is 2.09. The Labute approximate surface area is 121 Å². The van der Waals surface area contributed by atoms with E-state index in [9.17, 15) is 5.11 Å². The second kappa shape index (κ2) is 7.11. The van der Waals surface area contributed by atoms with Gasteiger partial charge in [-0.2, -0.15) is 0 Å². The first-order valence-corrected chi connectivity index (χ1v) is 7.12. The smallest absolute Gasteiger partial charge is 0.125 e. The highest BCUT2D eigenvalue weighted by molar-refractivity contribution is 5.38. The number of rotatable bonds is 6. The molecule has 0 saturated heterocycles. The van der Waals surface area contributed by atoms with Crippen LogP contribution < -0.4 is 4.74 Å². The van der Waals surface area contributed by atoms with Gasteiger partial charge in [0.25, 0.3) is 0 Å². The Morgan fingerprint density at radius 1 is 1.10 bits per heavy atom. The Bertz CT molecular complexity index is 532. The minimum Gasteiger partial charge on any atom is -0.493 e. The fraction of sp³-hybridized carbons (Fsp3) is 0.333. The number of aryl methyl sites for hydroxylation is 2. The van der Waals surface area contributed by atoms with Gasteiger partial charge in [0, 0.05) is 5.56 Å². The van der Waals surface area contributed by atoms with Crippen LogP contribution >= 0.6 is 0 Å². The molecule has 2 rings (SSSR count). The molecule has 0 aromatic heterocycles. The van der Waals surface area contributed by atoms with Gasteiger partial charge in [-0.05, 0) is 44.4 Å². The average Bonchev–Trinajstić information content (AvgIpc) is 2.45. The number of aliphatic hydroxyl groups excluding tert-OH is 1. The van der Waals surface area contributed by atoms with E-state index >= 15 is 0 Å². The molecule has 1 N–H and O–H groups in total. The summed E-state index contributed by atoms with van der Waals surface area (Å²) < 4.78 is 5.82. The Kier molecular flexibility index (Phi) is 5.19. The molecule has 106 valence electrons. The fourth-order valence-corrected chi connectivity index (χ4v) is 2.23. The lowest BCUT2D eigenvalue weighted by molar-refractivity contribution is 0.191. The Morgan fingerprint density at radius 2 is 1.85 bits per heavy atom. The maximum Gasteiger partial charge on any atom is 0.125 e. The molecular formula is C18H22O2. The van der Waals surface area contributed by atoms with E-state index in [-0.39, 0.29) is 0 Å². The van der Waals surface area contributed by atoms with E-state index in [2.05, 4.69) is 24.3 Å². The number of ether oxygens (including phenoxy) is 1. The van der Waals surface area contributed by atoms with Gasteiger partial charge in [0.05, 0.1) is 12.7 Å². The molecule has 2 aromatic carbocycles. The topological polar surface area (TPSA) is 29.5 Å². The summed E-state index contributed by atoms with van der Waals surface area (Å²) in [5, 5.41) is 9.78. The van der Waals surface area contributed by atoms with Crippen LogP contribution in [0, 0.1) is 6.92 Å². The molecule has 1 atom stereocenters. The molecular weight excluding hydrogens is 248 g/mol. The van der Waals surface area contributed by atoms with Gasteiger partial charge in [0.15, 0.2) is 0 Å². The van der Waals surface area contributed by atoms with Gasteiger partial charge in [-0.1, -0.05) is 42.0 Å². The van der Waals surface area contributed by atoms with Gasteiger partial charge >= 0.3 is 0 Å². The summed E-state index contributed by atoms with van der Waals surface area (Å²) in [5.74, 6) is 0.790. The molecule has 0 heterocycles. The van der Waals surface area contributed by atoms with Crippen LogP contribution in [-0.2, 0) is 6.42 Å². The molecule has 0 fully saturated rings. The van der Waals surface area contributed by atoms with Crippen LogP contribution in [0.5, 0.6) is 5.75 Å². The van der Waals surface area contributed by atoms with E-state index in [1.54, 1.807) is 6.92 Å². The van der Waals surface area contributed by atoms with Crippen molar-refractivity contribution in [2.75, 3.05) is 6.61 Å². The number of benzene rings is 2. The first-order valence-electron chi connectivity index (χ1n) is 7.12. The van der Waals surface area contributed by atoms with Crippen LogP contribution in [0.2, 0.25) is 0 Å². The Hall–Kier alpha value is -1.80. The van der Waals surface area contributed by atoms with Crippen LogP contribution in [0.15, 0.2) is 48.5 Å². The molecule has 0 bridgehead atoms. The second-order valence-corrected chi connectivity index (χ2v) is 5.15. The predicted molar refractivity (Wildman–Crippen MR) is 82.1 cm³/mol. The summed E-state index contributed by atoms with van der Waals surface area (Å²) >= 11 is 0. The normalized spacial score (nSPS) is 12.2. The molecule has 2 nitrogen and oxygen atoms in total. The third kappa shape index (κ3) is 4.10. The third-order valence-electron chi connectivity index (χ3n) is 3.33. The van der Waals surface area contributed by atoms with Crippen molar-refractivity contribution >= 4 is 0 Å². The van der Waals surface area contributed by atoms with Crippen molar-refractivity contribution in [2.24, 2.45) is 0 Å². The van der Waals surface area contributed by atoms with Crippen molar-refractivity contribution in [3.8, 4) is 5.75 Å². The highest BCUT2D eigenvalue weighted by Crippen LogP contribution is 2.26. The number of aliphatic hydroxyl groups is 1. The highest BCUT2D eigenvalue weighted by atomic mass is 16.5. The quantitative estimate of drug-likeness (QED) is 0.802. The molecule has 0 aliphatic heterocycles. The van der Waals surface area contributed by atoms with Gasteiger partial charge in [0.1, 0.15) is 5.75 Å². The fourth-order valence-electron chi connectivity index (χ4n) is 2.23. The number of hydrogen-bond donors (Lipinski definition) is 1. The SMILES string of the molecule is Cc1ccc(OCCCc2ccccc2)c([C@@H](C)O)c1. The molecule has 0 amide bonds. The molecule has 2 aromatic rings. The van der Waals surface area contributed by atoms with Crippen molar-refractivity contribution in [1.29, 1.82) is 0 Å². The number of hydrogen-bond acceptors (Lipinski definition) is 2. The largest absolute Gasteiger partial charge is 0.493 e. The van der Waals surface area contributed by atoms with Gasteiger partial charge in [0.2, 0.25) is 0 Å². The molecule has 0 saturated carbocycles. The van der Waals surface area contributed by atoms with Crippen LogP contribution in [0.25, 0.3) is 0 Å². The van der Waals surface area contributed by atoms with Crippen molar-refractivity contribution in [2.45, 2.75) is 32.8 Å². The van der Waals surface area contributed by atoms with Gasteiger partial charge in [-0.25, -0.2) is 0 Å². The van der Waals surface area contributed by atoms with Crippen molar-refractivity contribution < 1.29 is 9.84 Å². The first kappa shape index (κ1) is 14.6. The third-order valence-corrected chi connectivity index (χ3v) is 3.33.